The van der Waals surface area contributed by atoms with Crippen molar-refractivity contribution in [3.63, 3.8) is 0 Å². The van der Waals surface area contributed by atoms with Crippen LogP contribution in [0.4, 0.5) is 0 Å². The molecule has 0 saturated carbocycles. The normalized spacial score (nSPS) is 14.9. The first kappa shape index (κ1) is 17.9. The molecule has 0 unspecified atom stereocenters. The highest BCUT2D eigenvalue weighted by molar-refractivity contribution is 5.73. The Hall–Kier alpha value is -1.09. The van der Waals surface area contributed by atoms with Gasteiger partial charge in [-0.2, -0.15) is 0 Å². The van der Waals surface area contributed by atoms with E-state index < -0.39 is 6.10 Å². The fourth-order valence-electron chi connectivity index (χ4n) is 1.78. The molecular weight excluding hydrogens is 238 g/mol. The third-order valence-electron chi connectivity index (χ3n) is 2.99. The van der Waals surface area contributed by atoms with Gasteiger partial charge in [-0.15, -0.1) is 0 Å². The lowest BCUT2D eigenvalue weighted by Crippen LogP contribution is -2.39. The summed E-state index contributed by atoms with van der Waals surface area (Å²) in [4.78, 5) is 10.8. The fraction of sp³-hybridized carbons (Fsp3) is 0.688. The number of amides is 1. The minimum absolute atomic E-state index is 0.109. The minimum Gasteiger partial charge on any atom is -0.391 e. The largest absolute Gasteiger partial charge is 0.391 e. The number of hydrogen-bond acceptors (Lipinski definition) is 2. The van der Waals surface area contributed by atoms with E-state index in [0.717, 1.165) is 6.42 Å². The Morgan fingerprint density at radius 3 is 2.53 bits per heavy atom. The Morgan fingerprint density at radius 2 is 1.89 bits per heavy atom. The summed E-state index contributed by atoms with van der Waals surface area (Å²) in [6, 6.07) is -0.208. The van der Waals surface area contributed by atoms with Crippen molar-refractivity contribution in [1.29, 1.82) is 0 Å². The summed E-state index contributed by atoms with van der Waals surface area (Å²) in [7, 11) is 0. The molecule has 0 aromatic heterocycles. The number of hydrogen-bond donors (Lipinski definition) is 2. The molecule has 0 spiro atoms. The average Bonchev–Trinajstić information content (AvgIpc) is 2.35. The second-order valence-electron chi connectivity index (χ2n) is 5.00. The number of carbonyl (C=O) groups excluding carboxylic acids is 1. The molecule has 19 heavy (non-hydrogen) atoms. The maximum atomic E-state index is 10.8. The van der Waals surface area contributed by atoms with E-state index in [0.29, 0.717) is 6.42 Å². The van der Waals surface area contributed by atoms with Crippen LogP contribution in [0, 0.1) is 0 Å². The number of aliphatic hydroxyl groups is 1. The van der Waals surface area contributed by atoms with Gasteiger partial charge >= 0.3 is 0 Å². The van der Waals surface area contributed by atoms with Crippen LogP contribution in [0.15, 0.2) is 24.3 Å². The Kier molecular flexibility index (Phi) is 11.3. The Balaban J connectivity index is 3.66. The summed E-state index contributed by atoms with van der Waals surface area (Å²) < 4.78 is 0. The lowest BCUT2D eigenvalue weighted by atomic mass is 10.1. The molecule has 110 valence electrons. The zero-order valence-electron chi connectivity index (χ0n) is 12.6. The highest BCUT2D eigenvalue weighted by atomic mass is 16.3. The second kappa shape index (κ2) is 12.0. The lowest BCUT2D eigenvalue weighted by Gasteiger charge is -2.17. The third-order valence-corrected chi connectivity index (χ3v) is 2.99. The van der Waals surface area contributed by atoms with Gasteiger partial charge in [0.15, 0.2) is 0 Å². The molecule has 0 aliphatic rings. The van der Waals surface area contributed by atoms with Crippen molar-refractivity contribution in [3.05, 3.63) is 24.3 Å². The van der Waals surface area contributed by atoms with Crippen LogP contribution in [0.3, 0.4) is 0 Å². The third kappa shape index (κ3) is 11.7. The van der Waals surface area contributed by atoms with E-state index in [1.165, 1.54) is 32.6 Å². The summed E-state index contributed by atoms with van der Waals surface area (Å²) in [5.41, 5.74) is 0. The van der Waals surface area contributed by atoms with Gasteiger partial charge in [-0.3, -0.25) is 4.79 Å². The molecule has 2 atom stereocenters. The molecule has 0 radical (unpaired) electrons. The fourth-order valence-corrected chi connectivity index (χ4v) is 1.78. The monoisotopic (exact) mass is 267 g/mol. The van der Waals surface area contributed by atoms with Crippen molar-refractivity contribution in [2.75, 3.05) is 0 Å². The molecule has 0 aromatic carbocycles. The van der Waals surface area contributed by atoms with Crippen LogP contribution in [0.1, 0.15) is 59.3 Å². The first-order valence-corrected chi connectivity index (χ1v) is 7.34. The van der Waals surface area contributed by atoms with Crippen molar-refractivity contribution < 1.29 is 9.90 Å². The van der Waals surface area contributed by atoms with Gasteiger partial charge < -0.3 is 10.4 Å². The smallest absolute Gasteiger partial charge is 0.217 e. The number of aliphatic hydroxyl groups excluding tert-OH is 1. The van der Waals surface area contributed by atoms with E-state index >= 15 is 0 Å². The van der Waals surface area contributed by atoms with E-state index in [2.05, 4.69) is 18.3 Å². The number of allylic oxidation sites excluding steroid dienone is 3. The van der Waals surface area contributed by atoms with Crippen LogP contribution >= 0.6 is 0 Å². The molecule has 0 aliphatic heterocycles. The van der Waals surface area contributed by atoms with Crippen LogP contribution < -0.4 is 5.32 Å². The minimum atomic E-state index is -0.530. The number of carbonyl (C=O) groups is 1. The number of unbranched alkanes of at least 4 members (excludes halogenated alkanes) is 4. The zero-order valence-corrected chi connectivity index (χ0v) is 12.6. The van der Waals surface area contributed by atoms with Gasteiger partial charge in [-0.25, -0.2) is 0 Å². The summed E-state index contributed by atoms with van der Waals surface area (Å²) in [6.07, 6.45) is 14.4. The van der Waals surface area contributed by atoms with Crippen LogP contribution in [0.25, 0.3) is 0 Å². The molecule has 3 nitrogen and oxygen atoms in total. The van der Waals surface area contributed by atoms with Gasteiger partial charge in [0.25, 0.3) is 0 Å². The molecule has 0 heterocycles. The standard InChI is InChI=1S/C16H29NO2/c1-4-5-6-7-8-9-10-11-12-13-16(19)14(2)17-15(3)18/h9-12,14,16,19H,4-8,13H2,1-3H3,(H,17,18)/b10-9+,12-11+/t14-,16-/m0/s1. The van der Waals surface area contributed by atoms with E-state index in [-0.39, 0.29) is 11.9 Å². The topological polar surface area (TPSA) is 49.3 Å². The van der Waals surface area contributed by atoms with Crippen molar-refractivity contribution >= 4 is 5.91 Å². The highest BCUT2D eigenvalue weighted by Crippen LogP contribution is 2.03. The van der Waals surface area contributed by atoms with Gasteiger partial charge in [0.05, 0.1) is 12.1 Å². The van der Waals surface area contributed by atoms with Crippen molar-refractivity contribution in [2.45, 2.75) is 71.4 Å². The van der Waals surface area contributed by atoms with Gasteiger partial charge in [0, 0.05) is 6.92 Å². The molecular formula is C16H29NO2. The van der Waals surface area contributed by atoms with Gasteiger partial charge in [-0.05, 0) is 26.2 Å². The predicted octanol–water partition coefficient (Wildman–Crippen LogP) is 3.34. The van der Waals surface area contributed by atoms with E-state index in [9.17, 15) is 9.90 Å². The van der Waals surface area contributed by atoms with E-state index in [4.69, 9.17) is 0 Å². The molecule has 0 aromatic rings. The Labute approximate surface area is 117 Å². The van der Waals surface area contributed by atoms with Crippen LogP contribution in [0.2, 0.25) is 0 Å². The Bertz CT molecular complexity index is 284. The summed E-state index contributed by atoms with van der Waals surface area (Å²) in [5, 5.41) is 12.5. The number of nitrogens with one attached hydrogen (secondary N) is 1. The lowest BCUT2D eigenvalue weighted by molar-refractivity contribution is -0.120. The van der Waals surface area contributed by atoms with Crippen LogP contribution in [-0.2, 0) is 4.79 Å². The zero-order chi connectivity index (χ0) is 14.5. The second-order valence-corrected chi connectivity index (χ2v) is 5.00. The maximum absolute atomic E-state index is 10.8. The molecule has 1 amide bonds. The molecule has 3 heteroatoms. The molecule has 0 bridgehead atoms. The van der Waals surface area contributed by atoms with Gasteiger partial charge in [0.1, 0.15) is 0 Å². The first-order valence-electron chi connectivity index (χ1n) is 7.34. The Morgan fingerprint density at radius 1 is 1.21 bits per heavy atom. The van der Waals surface area contributed by atoms with E-state index in [1.807, 2.05) is 25.2 Å². The molecule has 2 N–H and O–H groups in total. The number of rotatable bonds is 10. The summed E-state index contributed by atoms with van der Waals surface area (Å²) in [5.74, 6) is -0.109. The summed E-state index contributed by atoms with van der Waals surface area (Å²) >= 11 is 0. The quantitative estimate of drug-likeness (QED) is 0.471. The van der Waals surface area contributed by atoms with Crippen molar-refractivity contribution in [1.82, 2.24) is 5.32 Å². The van der Waals surface area contributed by atoms with Crippen molar-refractivity contribution in [2.24, 2.45) is 0 Å². The molecule has 0 aliphatic carbocycles. The van der Waals surface area contributed by atoms with Gasteiger partial charge in [-0.1, -0.05) is 50.5 Å². The highest BCUT2D eigenvalue weighted by Gasteiger charge is 2.12. The maximum Gasteiger partial charge on any atom is 0.217 e. The van der Waals surface area contributed by atoms with Crippen molar-refractivity contribution in [3.8, 4) is 0 Å². The van der Waals surface area contributed by atoms with Crippen LogP contribution in [0.5, 0.6) is 0 Å². The molecule has 0 saturated heterocycles. The van der Waals surface area contributed by atoms with Crippen LogP contribution in [-0.4, -0.2) is 23.2 Å². The summed E-state index contributed by atoms with van der Waals surface area (Å²) in [6.45, 7) is 5.48. The average molecular weight is 267 g/mol. The molecule has 0 fully saturated rings. The van der Waals surface area contributed by atoms with E-state index in [1.54, 1.807) is 0 Å². The first-order chi connectivity index (χ1) is 9.07. The SMILES string of the molecule is CCCCCC/C=C/C=C/C[C@H](O)[C@H](C)NC(C)=O. The van der Waals surface area contributed by atoms with Gasteiger partial charge in [0.2, 0.25) is 5.91 Å². The predicted molar refractivity (Wildman–Crippen MR) is 80.9 cm³/mol. The molecule has 0 rings (SSSR count).